The van der Waals surface area contributed by atoms with Crippen LogP contribution in [-0.4, -0.2) is 39.1 Å². The molecule has 1 heterocycles. The van der Waals surface area contributed by atoms with E-state index in [-0.39, 0.29) is 17.2 Å². The lowest BCUT2D eigenvalue weighted by molar-refractivity contribution is -0.149. The lowest BCUT2D eigenvalue weighted by Gasteiger charge is -2.29. The van der Waals surface area contributed by atoms with Crippen molar-refractivity contribution in [3.8, 4) is 0 Å². The third-order valence-corrected chi connectivity index (χ3v) is 5.27. The van der Waals surface area contributed by atoms with Gasteiger partial charge in [-0.1, -0.05) is 44.2 Å². The number of carboxylic acids is 1. The molecule has 1 aromatic rings. The minimum atomic E-state index is -0.904. The fourth-order valence-corrected chi connectivity index (χ4v) is 4.07. The molecule has 4 nitrogen and oxygen atoms in total. The topological polar surface area (TPSA) is 57.6 Å². The summed E-state index contributed by atoms with van der Waals surface area (Å²) in [6.07, 6.45) is 1.01. The molecule has 1 aliphatic heterocycles. The van der Waals surface area contributed by atoms with Crippen molar-refractivity contribution in [1.29, 1.82) is 0 Å². The van der Waals surface area contributed by atoms with Crippen LogP contribution < -0.4 is 0 Å². The van der Waals surface area contributed by atoms with Gasteiger partial charge in [0.15, 0.2) is 0 Å². The summed E-state index contributed by atoms with van der Waals surface area (Å²) in [6.45, 7) is 4.05. The second-order valence-corrected chi connectivity index (χ2v) is 6.76. The highest BCUT2D eigenvalue weighted by molar-refractivity contribution is 8.00. The fourth-order valence-electron chi connectivity index (χ4n) is 2.57. The highest BCUT2D eigenvalue weighted by Gasteiger charge is 2.42. The van der Waals surface area contributed by atoms with Gasteiger partial charge in [0, 0.05) is 12.2 Å². The first kappa shape index (κ1) is 15.9. The van der Waals surface area contributed by atoms with Gasteiger partial charge in [-0.25, -0.2) is 4.79 Å². The molecule has 1 aliphatic rings. The van der Waals surface area contributed by atoms with Crippen LogP contribution in [0.5, 0.6) is 0 Å². The standard InChI is InChI=1S/C16H21NO3S/c1-11(2)15-17(13(10-21-15)16(19)20)14(18)9-8-12-6-4-3-5-7-12/h3-7,11,13,15H,8-10H2,1-2H3,(H,19,20). The molecule has 1 saturated heterocycles. The second-order valence-electron chi connectivity index (χ2n) is 5.61. The van der Waals surface area contributed by atoms with Crippen molar-refractivity contribution in [2.75, 3.05) is 5.75 Å². The van der Waals surface area contributed by atoms with Gasteiger partial charge in [0.05, 0.1) is 5.37 Å². The summed E-state index contributed by atoms with van der Waals surface area (Å²) >= 11 is 1.57. The van der Waals surface area contributed by atoms with Gasteiger partial charge in [0.1, 0.15) is 6.04 Å². The molecule has 0 spiro atoms. The van der Waals surface area contributed by atoms with Crippen molar-refractivity contribution < 1.29 is 14.7 Å². The number of rotatable bonds is 5. The number of aliphatic carboxylic acids is 1. The molecule has 2 unspecified atom stereocenters. The maximum atomic E-state index is 12.5. The Kier molecular flexibility index (Phi) is 5.28. The Morgan fingerprint density at radius 1 is 1.33 bits per heavy atom. The van der Waals surface area contributed by atoms with Gasteiger partial charge in [-0.05, 0) is 17.9 Å². The number of carboxylic acid groups (broad SMARTS) is 1. The number of thioether (sulfide) groups is 1. The largest absolute Gasteiger partial charge is 0.480 e. The van der Waals surface area contributed by atoms with Gasteiger partial charge in [-0.3, -0.25) is 4.79 Å². The quantitative estimate of drug-likeness (QED) is 0.908. The molecule has 0 radical (unpaired) electrons. The van der Waals surface area contributed by atoms with Crippen molar-refractivity contribution in [3.05, 3.63) is 35.9 Å². The zero-order chi connectivity index (χ0) is 15.4. The Hall–Kier alpha value is -1.49. The van der Waals surface area contributed by atoms with Gasteiger partial charge < -0.3 is 10.0 Å². The Morgan fingerprint density at radius 3 is 2.57 bits per heavy atom. The summed E-state index contributed by atoms with van der Waals surface area (Å²) in [7, 11) is 0. The van der Waals surface area contributed by atoms with Crippen LogP contribution in [0.15, 0.2) is 30.3 Å². The van der Waals surface area contributed by atoms with Gasteiger partial charge in [-0.2, -0.15) is 0 Å². The van der Waals surface area contributed by atoms with E-state index < -0.39 is 12.0 Å². The zero-order valence-electron chi connectivity index (χ0n) is 12.4. The fraction of sp³-hybridized carbons (Fsp3) is 0.500. The van der Waals surface area contributed by atoms with Crippen molar-refractivity contribution >= 4 is 23.6 Å². The Balaban J connectivity index is 2.05. The molecule has 5 heteroatoms. The summed E-state index contributed by atoms with van der Waals surface area (Å²) in [5, 5.41) is 9.28. The molecule has 0 bridgehead atoms. The van der Waals surface area contributed by atoms with Gasteiger partial charge in [-0.15, -0.1) is 11.8 Å². The van der Waals surface area contributed by atoms with E-state index in [9.17, 15) is 14.7 Å². The molecule has 0 aliphatic carbocycles. The van der Waals surface area contributed by atoms with E-state index in [1.165, 1.54) is 0 Å². The number of hydrogen-bond acceptors (Lipinski definition) is 3. The van der Waals surface area contributed by atoms with E-state index in [1.807, 2.05) is 44.2 Å². The van der Waals surface area contributed by atoms with E-state index in [4.69, 9.17) is 0 Å². The lowest BCUT2D eigenvalue weighted by atomic mass is 10.1. The maximum absolute atomic E-state index is 12.5. The Bertz CT molecular complexity index is 504. The molecule has 2 rings (SSSR count). The number of nitrogens with zero attached hydrogens (tertiary/aromatic N) is 1. The monoisotopic (exact) mass is 307 g/mol. The predicted molar refractivity (Wildman–Crippen MR) is 84.1 cm³/mol. The summed E-state index contributed by atoms with van der Waals surface area (Å²) in [6, 6.07) is 9.12. The molecular formula is C16H21NO3S. The zero-order valence-corrected chi connectivity index (χ0v) is 13.2. The summed E-state index contributed by atoms with van der Waals surface area (Å²) in [4.78, 5) is 25.4. The van der Waals surface area contributed by atoms with Gasteiger partial charge >= 0.3 is 5.97 Å². The SMILES string of the molecule is CC(C)C1SCC(C(=O)O)N1C(=O)CCc1ccccc1. The molecule has 1 N–H and O–H groups in total. The number of carbonyl (C=O) groups excluding carboxylic acids is 1. The van der Waals surface area contributed by atoms with E-state index in [1.54, 1.807) is 16.7 Å². The Morgan fingerprint density at radius 2 is 2.00 bits per heavy atom. The highest BCUT2D eigenvalue weighted by atomic mass is 32.2. The van der Waals surface area contributed by atoms with Crippen LogP contribution in [0, 0.1) is 5.92 Å². The predicted octanol–water partition coefficient (Wildman–Crippen LogP) is 2.63. The number of hydrogen-bond donors (Lipinski definition) is 1. The smallest absolute Gasteiger partial charge is 0.327 e. The second kappa shape index (κ2) is 6.98. The normalized spacial score (nSPS) is 21.8. The van der Waals surface area contributed by atoms with Crippen molar-refractivity contribution in [3.63, 3.8) is 0 Å². The summed E-state index contributed by atoms with van der Waals surface area (Å²) in [5.41, 5.74) is 1.10. The van der Waals surface area contributed by atoms with Crippen molar-refractivity contribution in [2.24, 2.45) is 5.92 Å². The molecule has 114 valence electrons. The average molecular weight is 307 g/mol. The lowest BCUT2D eigenvalue weighted by Crippen LogP contribution is -2.47. The average Bonchev–Trinajstić information content (AvgIpc) is 2.91. The number of benzene rings is 1. The van der Waals surface area contributed by atoms with Crippen molar-refractivity contribution in [2.45, 2.75) is 38.1 Å². The molecule has 21 heavy (non-hydrogen) atoms. The minimum Gasteiger partial charge on any atom is -0.480 e. The summed E-state index contributed by atoms with van der Waals surface area (Å²) < 4.78 is 0. The van der Waals surface area contributed by atoms with E-state index >= 15 is 0 Å². The third-order valence-electron chi connectivity index (χ3n) is 3.65. The van der Waals surface area contributed by atoms with Crippen LogP contribution in [0.1, 0.15) is 25.8 Å². The van der Waals surface area contributed by atoms with E-state index in [0.717, 1.165) is 5.56 Å². The molecule has 0 aromatic heterocycles. The van der Waals surface area contributed by atoms with Crippen molar-refractivity contribution in [1.82, 2.24) is 4.90 Å². The van der Waals surface area contributed by atoms with E-state index in [2.05, 4.69) is 0 Å². The molecule has 2 atom stereocenters. The van der Waals surface area contributed by atoms with Gasteiger partial charge in [0.2, 0.25) is 5.91 Å². The number of amides is 1. The van der Waals surface area contributed by atoms with Gasteiger partial charge in [0.25, 0.3) is 0 Å². The van der Waals surface area contributed by atoms with Crippen LogP contribution in [-0.2, 0) is 16.0 Å². The molecular weight excluding hydrogens is 286 g/mol. The van der Waals surface area contributed by atoms with Crippen LogP contribution in [0.2, 0.25) is 0 Å². The first-order chi connectivity index (χ1) is 10.0. The van der Waals surface area contributed by atoms with Crippen LogP contribution in [0.4, 0.5) is 0 Å². The highest BCUT2D eigenvalue weighted by Crippen LogP contribution is 2.34. The third kappa shape index (κ3) is 3.79. The minimum absolute atomic E-state index is 0.0330. The molecule has 0 saturated carbocycles. The van der Waals surface area contributed by atoms with Crippen LogP contribution in [0.25, 0.3) is 0 Å². The summed E-state index contributed by atoms with van der Waals surface area (Å²) in [5.74, 6) is -0.233. The molecule has 1 amide bonds. The Labute approximate surface area is 129 Å². The van der Waals surface area contributed by atoms with E-state index in [0.29, 0.717) is 18.6 Å². The first-order valence-corrected chi connectivity index (χ1v) is 8.25. The first-order valence-electron chi connectivity index (χ1n) is 7.20. The molecule has 1 aromatic carbocycles. The number of carbonyl (C=O) groups is 2. The van der Waals surface area contributed by atoms with Crippen LogP contribution >= 0.6 is 11.8 Å². The number of aryl methyl sites for hydroxylation is 1. The van der Waals surface area contributed by atoms with Crippen LogP contribution in [0.3, 0.4) is 0 Å². The maximum Gasteiger partial charge on any atom is 0.327 e. The molecule has 1 fully saturated rings.